The average Bonchev–Trinajstić information content (AvgIpc) is 3.21. The fourth-order valence-electron chi connectivity index (χ4n) is 4.03. The highest BCUT2D eigenvalue weighted by Gasteiger charge is 2.32. The molecular weight excluding hydrogens is 450 g/mol. The van der Waals surface area contributed by atoms with Crippen molar-refractivity contribution >= 4 is 44.2 Å². The minimum atomic E-state index is -3.72. The third-order valence-corrected chi connectivity index (χ3v) is 8.64. The van der Waals surface area contributed by atoms with Crippen LogP contribution in [0.2, 0.25) is 5.02 Å². The number of rotatable bonds is 5. The zero-order valence-corrected chi connectivity index (χ0v) is 19.8. The number of halogens is 1. The van der Waals surface area contributed by atoms with Gasteiger partial charge in [-0.1, -0.05) is 29.8 Å². The van der Waals surface area contributed by atoms with Gasteiger partial charge in [0, 0.05) is 18.5 Å². The normalized spacial score (nSPS) is 16.0. The van der Waals surface area contributed by atoms with Gasteiger partial charge in [0.15, 0.2) is 5.76 Å². The summed E-state index contributed by atoms with van der Waals surface area (Å²) < 4.78 is 33.6. The molecule has 0 bridgehead atoms. The van der Waals surface area contributed by atoms with Crippen molar-refractivity contribution in [3.05, 3.63) is 58.8 Å². The lowest BCUT2D eigenvalue weighted by atomic mass is 10.1. The van der Waals surface area contributed by atoms with Gasteiger partial charge in [-0.05, 0) is 69.7 Å². The van der Waals surface area contributed by atoms with E-state index >= 15 is 0 Å². The summed E-state index contributed by atoms with van der Waals surface area (Å²) in [6.45, 7) is 3.36. The van der Waals surface area contributed by atoms with Crippen molar-refractivity contribution in [3.63, 3.8) is 0 Å². The average molecular weight is 476 g/mol. The van der Waals surface area contributed by atoms with Crippen molar-refractivity contribution in [2.45, 2.75) is 30.7 Å². The minimum Gasteiger partial charge on any atom is -0.451 e. The van der Waals surface area contributed by atoms with E-state index in [0.29, 0.717) is 16.8 Å². The number of hydrogen-bond acceptors (Lipinski definition) is 5. The number of para-hydroxylation sites is 1. The summed E-state index contributed by atoms with van der Waals surface area (Å²) in [5.41, 5.74) is 1.34. The lowest BCUT2D eigenvalue weighted by molar-refractivity contribution is 0.0998. The molecule has 1 N–H and O–H groups in total. The fourth-order valence-corrected chi connectivity index (χ4v) is 5.94. The van der Waals surface area contributed by atoms with Gasteiger partial charge in [0.05, 0.1) is 15.6 Å². The molecule has 0 radical (unpaired) electrons. The number of amides is 1. The fraction of sp³-hybridized carbons (Fsp3) is 0.348. The Morgan fingerprint density at radius 3 is 2.56 bits per heavy atom. The zero-order chi connectivity index (χ0) is 23.0. The Morgan fingerprint density at radius 2 is 1.88 bits per heavy atom. The largest absolute Gasteiger partial charge is 0.451 e. The minimum absolute atomic E-state index is 0.0539. The molecule has 0 aliphatic carbocycles. The summed E-state index contributed by atoms with van der Waals surface area (Å²) in [6, 6.07) is 11.9. The molecule has 32 heavy (non-hydrogen) atoms. The molecule has 4 rings (SSSR count). The van der Waals surface area contributed by atoms with Gasteiger partial charge in [-0.25, -0.2) is 8.42 Å². The predicted octanol–water partition coefficient (Wildman–Crippen LogP) is 4.36. The highest BCUT2D eigenvalue weighted by molar-refractivity contribution is 7.89. The Labute approximate surface area is 193 Å². The van der Waals surface area contributed by atoms with Gasteiger partial charge in [-0.2, -0.15) is 4.31 Å². The zero-order valence-electron chi connectivity index (χ0n) is 18.3. The number of likely N-dealkylation sites (tertiary alicyclic amines) is 1. The molecule has 1 aliphatic rings. The van der Waals surface area contributed by atoms with E-state index in [4.69, 9.17) is 16.0 Å². The first-order chi connectivity index (χ1) is 15.2. The summed E-state index contributed by atoms with van der Waals surface area (Å²) in [7, 11) is -0.0691. The molecule has 2 heterocycles. The maximum atomic E-state index is 13.3. The Bertz CT molecular complexity index is 1230. The van der Waals surface area contributed by atoms with E-state index in [1.807, 2.05) is 25.2 Å². The number of piperidine rings is 1. The van der Waals surface area contributed by atoms with Crippen LogP contribution in [0.3, 0.4) is 0 Å². The monoisotopic (exact) mass is 475 g/mol. The summed E-state index contributed by atoms with van der Waals surface area (Å²) >= 11 is 6.49. The number of carbonyl (C=O) groups excluding carboxylic acids is 1. The summed E-state index contributed by atoms with van der Waals surface area (Å²) in [5.74, 6) is -0.305. The van der Waals surface area contributed by atoms with Gasteiger partial charge in [-0.15, -0.1) is 0 Å². The Balaban J connectivity index is 1.56. The van der Waals surface area contributed by atoms with Crippen molar-refractivity contribution in [2.24, 2.45) is 0 Å². The number of hydrogen-bond donors (Lipinski definition) is 1. The van der Waals surface area contributed by atoms with Gasteiger partial charge in [0.2, 0.25) is 10.0 Å². The van der Waals surface area contributed by atoms with E-state index in [-0.39, 0.29) is 21.7 Å². The van der Waals surface area contributed by atoms with Gasteiger partial charge >= 0.3 is 0 Å². The van der Waals surface area contributed by atoms with Gasteiger partial charge in [0.1, 0.15) is 5.58 Å². The van der Waals surface area contributed by atoms with Crippen molar-refractivity contribution < 1.29 is 17.6 Å². The number of nitrogens with one attached hydrogen (secondary N) is 1. The van der Waals surface area contributed by atoms with E-state index in [9.17, 15) is 13.2 Å². The molecule has 3 aromatic rings. The van der Waals surface area contributed by atoms with Crippen LogP contribution in [0.5, 0.6) is 0 Å². The van der Waals surface area contributed by atoms with E-state index in [1.54, 1.807) is 26.1 Å². The van der Waals surface area contributed by atoms with Crippen LogP contribution in [-0.2, 0) is 10.0 Å². The molecule has 1 amide bonds. The lowest BCUT2D eigenvalue weighted by Gasteiger charge is -2.34. The standard InChI is InChI=1S/C23H26ClN3O4S/c1-15-21(32(29,30)27(3)17-10-12-26(2)13-11-17)9-8-18(22(15)24)25-23(28)20-14-16-6-4-5-7-19(16)31-20/h4-9,14,17H,10-13H2,1-3H3,(H,25,28). The highest BCUT2D eigenvalue weighted by atomic mass is 35.5. The first-order valence-electron chi connectivity index (χ1n) is 10.4. The Hall–Kier alpha value is -2.39. The molecule has 2 aromatic carbocycles. The number of furan rings is 1. The Morgan fingerprint density at radius 1 is 1.19 bits per heavy atom. The van der Waals surface area contributed by atoms with E-state index in [1.165, 1.54) is 16.4 Å². The first kappa shape index (κ1) is 22.8. The molecule has 7 nitrogen and oxygen atoms in total. The van der Waals surface area contributed by atoms with Crippen LogP contribution in [0.15, 0.2) is 51.8 Å². The molecule has 0 unspecified atom stereocenters. The van der Waals surface area contributed by atoms with E-state index < -0.39 is 15.9 Å². The third kappa shape index (κ3) is 4.28. The van der Waals surface area contributed by atoms with Crippen molar-refractivity contribution in [1.29, 1.82) is 0 Å². The second kappa shape index (κ2) is 8.86. The molecule has 1 fully saturated rings. The molecule has 0 saturated carbocycles. The second-order valence-electron chi connectivity index (χ2n) is 8.21. The number of nitrogens with zero attached hydrogens (tertiary/aromatic N) is 2. The summed E-state index contributed by atoms with van der Waals surface area (Å²) in [5, 5.41) is 3.73. The first-order valence-corrected chi connectivity index (χ1v) is 12.3. The lowest BCUT2D eigenvalue weighted by Crippen LogP contribution is -2.44. The number of fused-ring (bicyclic) bond motifs is 1. The molecule has 1 aliphatic heterocycles. The smallest absolute Gasteiger partial charge is 0.291 e. The van der Waals surface area contributed by atoms with Crippen molar-refractivity contribution in [3.8, 4) is 0 Å². The van der Waals surface area contributed by atoms with E-state index in [2.05, 4.69) is 10.2 Å². The Kier molecular flexibility index (Phi) is 6.31. The molecule has 9 heteroatoms. The van der Waals surface area contributed by atoms with Crippen LogP contribution in [0, 0.1) is 6.92 Å². The van der Waals surface area contributed by atoms with Gasteiger partial charge in [0.25, 0.3) is 5.91 Å². The maximum absolute atomic E-state index is 13.3. The van der Waals surface area contributed by atoms with Crippen LogP contribution >= 0.6 is 11.6 Å². The maximum Gasteiger partial charge on any atom is 0.291 e. The molecule has 0 spiro atoms. The van der Waals surface area contributed by atoms with Crippen molar-refractivity contribution in [2.75, 3.05) is 32.5 Å². The number of benzene rings is 2. The molecule has 170 valence electrons. The quantitative estimate of drug-likeness (QED) is 0.592. The summed E-state index contributed by atoms with van der Waals surface area (Å²) in [4.78, 5) is 15.0. The highest BCUT2D eigenvalue weighted by Crippen LogP contribution is 2.33. The third-order valence-electron chi connectivity index (χ3n) is 6.09. The SMILES string of the molecule is Cc1c(S(=O)(=O)N(C)C2CCN(C)CC2)ccc(NC(=O)c2cc3ccccc3o2)c1Cl. The van der Waals surface area contributed by atoms with Crippen molar-refractivity contribution in [1.82, 2.24) is 9.21 Å². The topological polar surface area (TPSA) is 82.9 Å². The predicted molar refractivity (Wildman–Crippen MR) is 126 cm³/mol. The molecule has 1 saturated heterocycles. The molecule has 1 aromatic heterocycles. The number of sulfonamides is 1. The molecular formula is C23H26ClN3O4S. The number of carbonyl (C=O) groups is 1. The van der Waals surface area contributed by atoms with Crippen LogP contribution in [0.4, 0.5) is 5.69 Å². The molecule has 0 atom stereocenters. The summed E-state index contributed by atoms with van der Waals surface area (Å²) in [6.07, 6.45) is 1.56. The number of anilines is 1. The van der Waals surface area contributed by atoms with Crippen LogP contribution in [0.1, 0.15) is 29.0 Å². The van der Waals surface area contributed by atoms with Crippen LogP contribution in [0.25, 0.3) is 11.0 Å². The van der Waals surface area contributed by atoms with Crippen LogP contribution < -0.4 is 5.32 Å². The van der Waals surface area contributed by atoms with Gasteiger partial charge in [-0.3, -0.25) is 4.79 Å². The van der Waals surface area contributed by atoms with E-state index in [0.717, 1.165) is 31.3 Å². The van der Waals surface area contributed by atoms with Crippen LogP contribution in [-0.4, -0.2) is 56.8 Å². The van der Waals surface area contributed by atoms with Gasteiger partial charge < -0.3 is 14.6 Å². The second-order valence-corrected chi connectivity index (χ2v) is 10.6.